The molecule has 0 spiro atoms. The molecule has 0 unspecified atom stereocenters. The van der Waals surface area contributed by atoms with Crippen LogP contribution in [0.15, 0.2) is 66.2 Å². The molecular formula is C25H17Cl2N3O6S. The van der Waals surface area contributed by atoms with Crippen molar-refractivity contribution in [1.29, 1.82) is 0 Å². The molecule has 1 aliphatic rings. The molecule has 1 heterocycles. The first-order chi connectivity index (χ1) is 17.7. The Morgan fingerprint density at radius 1 is 1.05 bits per heavy atom. The summed E-state index contributed by atoms with van der Waals surface area (Å²) in [5, 5.41) is 13.6. The fourth-order valence-electron chi connectivity index (χ4n) is 3.46. The second-order valence-corrected chi connectivity index (χ2v) is 8.88. The van der Waals surface area contributed by atoms with Gasteiger partial charge in [-0.25, -0.2) is 0 Å². The first-order valence-electron chi connectivity index (χ1n) is 10.6. The lowest BCUT2D eigenvalue weighted by atomic mass is 10.1. The highest BCUT2D eigenvalue weighted by atomic mass is 35.5. The van der Waals surface area contributed by atoms with E-state index in [1.54, 1.807) is 36.4 Å². The maximum Gasteiger partial charge on any atom is 0.270 e. The molecule has 2 amide bonds. The molecule has 0 aliphatic carbocycles. The summed E-state index contributed by atoms with van der Waals surface area (Å²) in [6.45, 7) is 0.0625. The van der Waals surface area contributed by atoms with Crippen LogP contribution in [0.4, 0.5) is 11.4 Å². The summed E-state index contributed by atoms with van der Waals surface area (Å²) in [7, 11) is 1.52. The number of ether oxygens (including phenoxy) is 2. The summed E-state index contributed by atoms with van der Waals surface area (Å²) in [4.78, 5) is 37.3. The molecule has 188 valence electrons. The van der Waals surface area contributed by atoms with Crippen LogP contribution in [0.2, 0.25) is 10.0 Å². The van der Waals surface area contributed by atoms with Crippen LogP contribution in [0, 0.1) is 10.1 Å². The molecule has 3 aromatic carbocycles. The lowest BCUT2D eigenvalue weighted by molar-refractivity contribution is -0.384. The third-order valence-electron chi connectivity index (χ3n) is 5.29. The number of benzene rings is 3. The van der Waals surface area contributed by atoms with Crippen LogP contribution >= 0.6 is 35.4 Å². The Balaban J connectivity index is 1.56. The second kappa shape index (κ2) is 11.0. The van der Waals surface area contributed by atoms with Gasteiger partial charge in [-0.15, -0.1) is 0 Å². The lowest BCUT2D eigenvalue weighted by Crippen LogP contribution is -2.54. The summed E-state index contributed by atoms with van der Waals surface area (Å²) < 4.78 is 10.9. The molecule has 37 heavy (non-hydrogen) atoms. The Bertz CT molecular complexity index is 1420. The molecule has 0 bridgehead atoms. The molecule has 1 fully saturated rings. The molecule has 0 radical (unpaired) electrons. The molecule has 4 rings (SSSR count). The maximum absolute atomic E-state index is 13.2. The fraction of sp³-hybridized carbons (Fsp3) is 0.0800. The Hall–Kier alpha value is -3.99. The van der Waals surface area contributed by atoms with Gasteiger partial charge in [-0.05, 0) is 78.0 Å². The number of carbonyl (C=O) groups excluding carboxylic acids is 2. The number of rotatable bonds is 7. The number of thiocarbonyl (C=S) groups is 1. The van der Waals surface area contributed by atoms with Crippen LogP contribution in [-0.2, 0) is 16.2 Å². The zero-order chi connectivity index (χ0) is 26.7. The van der Waals surface area contributed by atoms with E-state index >= 15 is 0 Å². The van der Waals surface area contributed by atoms with Gasteiger partial charge in [0.1, 0.15) is 17.9 Å². The first kappa shape index (κ1) is 26.1. The Labute approximate surface area is 226 Å². The third-order valence-corrected chi connectivity index (χ3v) is 6.14. The van der Waals surface area contributed by atoms with E-state index in [9.17, 15) is 19.7 Å². The number of non-ortho nitro benzene ring substituents is 1. The largest absolute Gasteiger partial charge is 0.497 e. The van der Waals surface area contributed by atoms with E-state index in [4.69, 9.17) is 44.9 Å². The van der Waals surface area contributed by atoms with Gasteiger partial charge in [0.05, 0.1) is 27.8 Å². The van der Waals surface area contributed by atoms with E-state index in [-0.39, 0.29) is 38.8 Å². The van der Waals surface area contributed by atoms with Crippen molar-refractivity contribution < 1.29 is 24.0 Å². The van der Waals surface area contributed by atoms with Crippen LogP contribution in [0.3, 0.4) is 0 Å². The molecule has 1 aliphatic heterocycles. The van der Waals surface area contributed by atoms with Gasteiger partial charge in [-0.3, -0.25) is 29.9 Å². The number of nitro benzene ring substituents is 1. The van der Waals surface area contributed by atoms with Crippen molar-refractivity contribution >= 4 is 69.8 Å². The van der Waals surface area contributed by atoms with Crippen molar-refractivity contribution in [3.63, 3.8) is 0 Å². The SMILES string of the molecule is COc1ccc(N2C(=O)/C(=C/c3cc(Cl)c(OCc4ccc([N+](=O)[O-])cc4)c(Cl)c3)C(=O)NC2=S)cc1. The van der Waals surface area contributed by atoms with Gasteiger partial charge in [-0.2, -0.15) is 0 Å². The second-order valence-electron chi connectivity index (χ2n) is 7.68. The highest BCUT2D eigenvalue weighted by Crippen LogP contribution is 2.36. The maximum atomic E-state index is 13.2. The van der Waals surface area contributed by atoms with E-state index in [1.165, 1.54) is 42.4 Å². The lowest BCUT2D eigenvalue weighted by Gasteiger charge is -2.29. The first-order valence-corrected chi connectivity index (χ1v) is 11.7. The number of nitrogens with one attached hydrogen (secondary N) is 1. The van der Waals surface area contributed by atoms with Crippen LogP contribution in [0.1, 0.15) is 11.1 Å². The number of anilines is 1. The van der Waals surface area contributed by atoms with Crippen LogP contribution in [0.5, 0.6) is 11.5 Å². The molecule has 1 N–H and O–H groups in total. The molecular weight excluding hydrogens is 541 g/mol. The summed E-state index contributed by atoms with van der Waals surface area (Å²) in [5.74, 6) is -0.501. The van der Waals surface area contributed by atoms with Crippen molar-refractivity contribution in [2.24, 2.45) is 0 Å². The number of nitrogens with zero attached hydrogens (tertiary/aromatic N) is 2. The minimum absolute atomic E-state index is 0.0372. The molecule has 0 aromatic heterocycles. The van der Waals surface area contributed by atoms with Gasteiger partial charge >= 0.3 is 0 Å². The van der Waals surface area contributed by atoms with Gasteiger partial charge in [0.2, 0.25) is 0 Å². The molecule has 1 saturated heterocycles. The van der Waals surface area contributed by atoms with Crippen LogP contribution < -0.4 is 19.7 Å². The average molecular weight is 558 g/mol. The van der Waals surface area contributed by atoms with Gasteiger partial charge in [0.25, 0.3) is 17.5 Å². The number of carbonyl (C=O) groups is 2. The highest BCUT2D eigenvalue weighted by Gasteiger charge is 2.34. The number of amides is 2. The summed E-state index contributed by atoms with van der Waals surface area (Å²) in [5.41, 5.74) is 1.30. The smallest absolute Gasteiger partial charge is 0.270 e. The van der Waals surface area contributed by atoms with E-state index in [0.29, 0.717) is 22.6 Å². The van der Waals surface area contributed by atoms with Crippen molar-refractivity contribution in [2.45, 2.75) is 6.61 Å². The molecule has 0 saturated carbocycles. The number of methoxy groups -OCH3 is 1. The molecule has 12 heteroatoms. The highest BCUT2D eigenvalue weighted by molar-refractivity contribution is 7.80. The van der Waals surface area contributed by atoms with Crippen molar-refractivity contribution in [3.8, 4) is 11.5 Å². The zero-order valence-corrected chi connectivity index (χ0v) is 21.4. The van der Waals surface area contributed by atoms with E-state index < -0.39 is 16.7 Å². The van der Waals surface area contributed by atoms with Gasteiger partial charge < -0.3 is 9.47 Å². The standard InChI is InChI=1S/C25H17Cl2N3O6S/c1-35-18-8-6-16(7-9-18)29-24(32)19(23(31)28-25(29)37)10-15-11-20(26)22(21(27)12-15)36-13-14-2-4-17(5-3-14)30(33)34/h2-12H,13H2,1H3,(H,28,31,37)/b19-10+. The Kier molecular flexibility index (Phi) is 7.72. The summed E-state index contributed by atoms with van der Waals surface area (Å²) >= 11 is 18.0. The normalized spacial score (nSPS) is 14.5. The quantitative estimate of drug-likeness (QED) is 0.137. The van der Waals surface area contributed by atoms with Crippen molar-refractivity contribution in [3.05, 3.63) is 97.5 Å². The Morgan fingerprint density at radius 2 is 1.68 bits per heavy atom. The summed E-state index contributed by atoms with van der Waals surface area (Å²) in [6, 6.07) is 15.5. The number of halogens is 2. The number of hydrogen-bond acceptors (Lipinski definition) is 7. The van der Waals surface area contributed by atoms with Gasteiger partial charge in [0.15, 0.2) is 10.9 Å². The van der Waals surface area contributed by atoms with Crippen molar-refractivity contribution in [1.82, 2.24) is 5.32 Å². The minimum Gasteiger partial charge on any atom is -0.497 e. The fourth-order valence-corrected chi connectivity index (χ4v) is 4.35. The van der Waals surface area contributed by atoms with E-state index in [1.807, 2.05) is 0 Å². The Morgan fingerprint density at radius 3 is 2.24 bits per heavy atom. The van der Waals surface area contributed by atoms with Crippen molar-refractivity contribution in [2.75, 3.05) is 12.0 Å². The topological polar surface area (TPSA) is 111 Å². The molecule has 3 aromatic rings. The average Bonchev–Trinajstić information content (AvgIpc) is 2.86. The predicted molar refractivity (Wildman–Crippen MR) is 143 cm³/mol. The summed E-state index contributed by atoms with van der Waals surface area (Å²) in [6.07, 6.45) is 1.35. The molecule has 9 nitrogen and oxygen atoms in total. The van der Waals surface area contributed by atoms with Crippen LogP contribution in [0.25, 0.3) is 6.08 Å². The predicted octanol–water partition coefficient (Wildman–Crippen LogP) is 5.32. The third kappa shape index (κ3) is 5.72. The zero-order valence-electron chi connectivity index (χ0n) is 19.1. The monoisotopic (exact) mass is 557 g/mol. The van der Waals surface area contributed by atoms with E-state index in [2.05, 4.69) is 5.32 Å². The number of hydrogen-bond donors (Lipinski definition) is 1. The minimum atomic E-state index is -0.662. The van der Waals surface area contributed by atoms with Crippen LogP contribution in [-0.4, -0.2) is 29.0 Å². The molecule has 0 atom stereocenters. The van der Waals surface area contributed by atoms with Gasteiger partial charge in [-0.1, -0.05) is 23.2 Å². The number of nitro groups is 1. The van der Waals surface area contributed by atoms with E-state index in [0.717, 1.165) is 0 Å². The van der Waals surface area contributed by atoms with Gasteiger partial charge in [0, 0.05) is 12.1 Å².